The molecule has 0 bridgehead atoms. The van der Waals surface area contributed by atoms with Gasteiger partial charge in [-0.15, -0.1) is 0 Å². The van der Waals surface area contributed by atoms with Crippen molar-refractivity contribution in [2.24, 2.45) is 0 Å². The number of anilines is 2. The molecule has 0 spiro atoms. The molecule has 2 N–H and O–H groups in total. The van der Waals surface area contributed by atoms with E-state index >= 15 is 0 Å². The van der Waals surface area contributed by atoms with Crippen molar-refractivity contribution in [1.82, 2.24) is 9.78 Å². The van der Waals surface area contributed by atoms with E-state index in [9.17, 15) is 0 Å². The summed E-state index contributed by atoms with van der Waals surface area (Å²) in [6.45, 7) is 11.6. The van der Waals surface area contributed by atoms with Crippen LogP contribution in [0, 0.1) is 6.92 Å². The van der Waals surface area contributed by atoms with Crippen LogP contribution in [0.25, 0.3) is 0 Å². The maximum atomic E-state index is 6.17. The molecular formula is C12H22N4O. The first-order valence-corrected chi connectivity index (χ1v) is 6.15. The number of morpholine rings is 1. The number of nitrogens with zero attached hydrogens (tertiary/aromatic N) is 3. The molecule has 1 aromatic rings. The Morgan fingerprint density at radius 1 is 1.47 bits per heavy atom. The average molecular weight is 238 g/mol. The van der Waals surface area contributed by atoms with Crippen molar-refractivity contribution >= 4 is 11.5 Å². The Balaban J connectivity index is 2.44. The minimum Gasteiger partial charge on any atom is -0.394 e. The zero-order valence-electron chi connectivity index (χ0n) is 11.2. The Bertz CT molecular complexity index is 411. The Morgan fingerprint density at radius 3 is 2.76 bits per heavy atom. The SMILES string of the molecule is CCn1nc(C)c(N)c1N1CCOCC1(C)C. The van der Waals surface area contributed by atoms with Crippen molar-refractivity contribution in [3.8, 4) is 0 Å². The molecule has 0 saturated carbocycles. The maximum Gasteiger partial charge on any atom is 0.151 e. The highest BCUT2D eigenvalue weighted by molar-refractivity contribution is 5.67. The summed E-state index contributed by atoms with van der Waals surface area (Å²) in [5.41, 5.74) is 7.83. The number of nitrogen functional groups attached to an aromatic ring is 1. The van der Waals surface area contributed by atoms with Gasteiger partial charge in [0.25, 0.3) is 0 Å². The van der Waals surface area contributed by atoms with Crippen molar-refractivity contribution in [3.05, 3.63) is 5.69 Å². The Hall–Kier alpha value is -1.23. The first kappa shape index (κ1) is 12.2. The summed E-state index contributed by atoms with van der Waals surface area (Å²) in [6, 6.07) is 0. The fourth-order valence-electron chi connectivity index (χ4n) is 2.34. The van der Waals surface area contributed by atoms with E-state index in [0.717, 1.165) is 43.5 Å². The average Bonchev–Trinajstić information content (AvgIpc) is 2.55. The molecule has 1 aliphatic heterocycles. The molecule has 0 unspecified atom stereocenters. The van der Waals surface area contributed by atoms with Gasteiger partial charge in [-0.2, -0.15) is 5.10 Å². The monoisotopic (exact) mass is 238 g/mol. The van der Waals surface area contributed by atoms with Gasteiger partial charge in [0.05, 0.1) is 30.1 Å². The molecule has 5 heteroatoms. The van der Waals surface area contributed by atoms with E-state index in [1.807, 2.05) is 11.6 Å². The number of hydrogen-bond donors (Lipinski definition) is 1. The fraction of sp³-hybridized carbons (Fsp3) is 0.750. The normalized spacial score (nSPS) is 19.6. The van der Waals surface area contributed by atoms with E-state index in [4.69, 9.17) is 10.5 Å². The zero-order valence-corrected chi connectivity index (χ0v) is 11.2. The third-order valence-corrected chi connectivity index (χ3v) is 3.35. The summed E-state index contributed by atoms with van der Waals surface area (Å²) in [7, 11) is 0. The van der Waals surface area contributed by atoms with Crippen LogP contribution < -0.4 is 10.6 Å². The van der Waals surface area contributed by atoms with Crippen molar-refractivity contribution < 1.29 is 4.74 Å². The number of hydrogen-bond acceptors (Lipinski definition) is 4. The molecule has 2 heterocycles. The minimum absolute atomic E-state index is 0.0359. The second-order valence-electron chi connectivity index (χ2n) is 5.16. The third kappa shape index (κ3) is 1.99. The molecule has 0 atom stereocenters. The quantitative estimate of drug-likeness (QED) is 0.846. The largest absolute Gasteiger partial charge is 0.394 e. The van der Waals surface area contributed by atoms with Gasteiger partial charge in [0.1, 0.15) is 0 Å². The summed E-state index contributed by atoms with van der Waals surface area (Å²) < 4.78 is 7.53. The number of aromatic nitrogens is 2. The predicted molar refractivity (Wildman–Crippen MR) is 69.3 cm³/mol. The first-order valence-electron chi connectivity index (χ1n) is 6.15. The molecule has 0 aromatic carbocycles. The van der Waals surface area contributed by atoms with Crippen molar-refractivity contribution in [2.75, 3.05) is 30.4 Å². The van der Waals surface area contributed by atoms with Gasteiger partial charge in [0.15, 0.2) is 5.82 Å². The van der Waals surface area contributed by atoms with E-state index in [1.165, 1.54) is 0 Å². The van der Waals surface area contributed by atoms with Gasteiger partial charge in [-0.25, -0.2) is 4.68 Å². The highest BCUT2D eigenvalue weighted by Crippen LogP contribution is 2.33. The van der Waals surface area contributed by atoms with E-state index < -0.39 is 0 Å². The molecular weight excluding hydrogens is 216 g/mol. The van der Waals surface area contributed by atoms with Crippen LogP contribution in [0.5, 0.6) is 0 Å². The van der Waals surface area contributed by atoms with Crippen LogP contribution in [-0.2, 0) is 11.3 Å². The molecule has 1 aliphatic rings. The number of rotatable bonds is 2. The summed E-state index contributed by atoms with van der Waals surface area (Å²) in [6.07, 6.45) is 0. The predicted octanol–water partition coefficient (Wildman–Crippen LogP) is 1.41. The molecule has 0 radical (unpaired) electrons. The van der Waals surface area contributed by atoms with E-state index in [1.54, 1.807) is 0 Å². The van der Waals surface area contributed by atoms with Crippen LogP contribution >= 0.6 is 0 Å². The second kappa shape index (κ2) is 4.22. The van der Waals surface area contributed by atoms with Gasteiger partial charge in [0.2, 0.25) is 0 Å². The van der Waals surface area contributed by atoms with Gasteiger partial charge in [-0.3, -0.25) is 0 Å². The van der Waals surface area contributed by atoms with Gasteiger partial charge in [0, 0.05) is 13.1 Å². The summed E-state index contributed by atoms with van der Waals surface area (Å²) in [4.78, 5) is 2.31. The Labute approximate surface area is 103 Å². The summed E-state index contributed by atoms with van der Waals surface area (Å²) in [5, 5.41) is 4.48. The minimum atomic E-state index is -0.0359. The lowest BCUT2D eigenvalue weighted by molar-refractivity contribution is 0.0634. The Kier molecular flexibility index (Phi) is 3.03. The molecule has 1 fully saturated rings. The highest BCUT2D eigenvalue weighted by atomic mass is 16.5. The van der Waals surface area contributed by atoms with E-state index in [-0.39, 0.29) is 5.54 Å². The van der Waals surface area contributed by atoms with Crippen LogP contribution in [0.1, 0.15) is 26.5 Å². The number of ether oxygens (including phenoxy) is 1. The zero-order chi connectivity index (χ0) is 12.6. The topological polar surface area (TPSA) is 56.3 Å². The molecule has 0 amide bonds. The third-order valence-electron chi connectivity index (χ3n) is 3.35. The number of nitrogens with two attached hydrogens (primary N) is 1. The highest BCUT2D eigenvalue weighted by Gasteiger charge is 2.34. The van der Waals surface area contributed by atoms with Gasteiger partial charge in [-0.1, -0.05) is 0 Å². The van der Waals surface area contributed by atoms with Crippen LogP contribution in [0.4, 0.5) is 11.5 Å². The molecule has 1 saturated heterocycles. The van der Waals surface area contributed by atoms with Crippen LogP contribution in [0.2, 0.25) is 0 Å². The molecule has 17 heavy (non-hydrogen) atoms. The number of aryl methyl sites for hydroxylation is 2. The van der Waals surface area contributed by atoms with Crippen molar-refractivity contribution in [1.29, 1.82) is 0 Å². The second-order valence-corrected chi connectivity index (χ2v) is 5.16. The van der Waals surface area contributed by atoms with Gasteiger partial charge >= 0.3 is 0 Å². The molecule has 1 aromatic heterocycles. The smallest absolute Gasteiger partial charge is 0.151 e. The molecule has 96 valence electrons. The molecule has 5 nitrogen and oxygen atoms in total. The lowest BCUT2D eigenvalue weighted by atomic mass is 10.0. The van der Waals surface area contributed by atoms with E-state index in [2.05, 4.69) is 30.8 Å². The standard InChI is InChI=1S/C12H22N4O/c1-5-16-11(10(13)9(2)14-16)15-6-7-17-8-12(15,3)4/h5-8,13H2,1-4H3. The van der Waals surface area contributed by atoms with Crippen LogP contribution in [0.3, 0.4) is 0 Å². The van der Waals surface area contributed by atoms with Crippen molar-refractivity contribution in [2.45, 2.75) is 39.8 Å². The first-order chi connectivity index (χ1) is 7.97. The molecule has 2 rings (SSSR count). The summed E-state index contributed by atoms with van der Waals surface area (Å²) in [5.74, 6) is 1.04. The maximum absolute atomic E-state index is 6.17. The molecule has 0 aliphatic carbocycles. The lowest BCUT2D eigenvalue weighted by Crippen LogP contribution is -2.54. The fourth-order valence-corrected chi connectivity index (χ4v) is 2.34. The van der Waals surface area contributed by atoms with Crippen LogP contribution in [-0.4, -0.2) is 35.1 Å². The lowest BCUT2D eigenvalue weighted by Gasteiger charge is -2.43. The van der Waals surface area contributed by atoms with E-state index in [0.29, 0.717) is 0 Å². The van der Waals surface area contributed by atoms with Gasteiger partial charge in [-0.05, 0) is 27.7 Å². The van der Waals surface area contributed by atoms with Crippen molar-refractivity contribution in [3.63, 3.8) is 0 Å². The van der Waals surface area contributed by atoms with Gasteiger partial charge < -0.3 is 15.4 Å². The summed E-state index contributed by atoms with van der Waals surface area (Å²) >= 11 is 0. The Morgan fingerprint density at radius 2 is 2.18 bits per heavy atom. The van der Waals surface area contributed by atoms with Crippen LogP contribution in [0.15, 0.2) is 0 Å².